The van der Waals surface area contributed by atoms with E-state index in [0.717, 1.165) is 6.07 Å². The largest absolute Gasteiger partial charge is 0.394 e. The molecule has 0 spiro atoms. The Bertz CT molecular complexity index is 820. The van der Waals surface area contributed by atoms with E-state index in [0.29, 0.717) is 4.47 Å². The fourth-order valence-electron chi connectivity index (χ4n) is 2.43. The fraction of sp³-hybridized carbons (Fsp3) is 0.333. The molecular weight excluding hydrogens is 427 g/mol. The highest BCUT2D eigenvalue weighted by atomic mass is 79.9. The summed E-state index contributed by atoms with van der Waals surface area (Å²) in [6.07, 6.45) is -1.46. The molecule has 3 N–H and O–H groups in total. The Hall–Kier alpha value is -2.13. The molecule has 0 aliphatic carbocycles. The number of carbonyl (C=O) groups excluding carboxylic acids is 1. The van der Waals surface area contributed by atoms with E-state index in [-0.39, 0.29) is 29.6 Å². The van der Waals surface area contributed by atoms with E-state index >= 15 is 0 Å². The van der Waals surface area contributed by atoms with Crippen LogP contribution in [-0.2, 0) is 0 Å². The van der Waals surface area contributed by atoms with Crippen LogP contribution in [-0.4, -0.2) is 28.6 Å². The van der Waals surface area contributed by atoms with Crippen LogP contribution in [0.2, 0.25) is 0 Å². The summed E-state index contributed by atoms with van der Waals surface area (Å²) < 4.78 is 40.6. The van der Waals surface area contributed by atoms with E-state index in [9.17, 15) is 23.1 Å². The Morgan fingerprint density at radius 3 is 2.59 bits per heavy atom. The van der Waals surface area contributed by atoms with Gasteiger partial charge >= 0.3 is 0 Å². The number of pyridine rings is 1. The van der Waals surface area contributed by atoms with Crippen molar-refractivity contribution in [1.82, 2.24) is 10.3 Å². The standard InChI is InChI=1S/C18H19BrF3N3O2/c1-9(8-26)24-17-14(6-11(19)7-23-17)18(27)25-10(2)12-4-3-5-13(15(12)20)16(21)22/h3-7,9-10,16,26H,8H2,1-2H3,(H,23,24)(H,25,27)/t9-,10+/m0/s1. The molecule has 1 heterocycles. The van der Waals surface area contributed by atoms with Crippen molar-refractivity contribution in [3.8, 4) is 0 Å². The van der Waals surface area contributed by atoms with Crippen molar-refractivity contribution < 1.29 is 23.1 Å². The molecular formula is C18H19BrF3N3O2. The maximum absolute atomic E-state index is 14.3. The van der Waals surface area contributed by atoms with Gasteiger partial charge in [-0.1, -0.05) is 18.2 Å². The predicted molar refractivity (Wildman–Crippen MR) is 99.3 cm³/mol. The second kappa shape index (κ2) is 9.18. The molecule has 27 heavy (non-hydrogen) atoms. The lowest BCUT2D eigenvalue weighted by molar-refractivity contribution is 0.0939. The van der Waals surface area contributed by atoms with Gasteiger partial charge < -0.3 is 15.7 Å². The summed E-state index contributed by atoms with van der Waals surface area (Å²) >= 11 is 3.23. The van der Waals surface area contributed by atoms with Gasteiger partial charge in [0, 0.05) is 22.3 Å². The maximum atomic E-state index is 14.3. The van der Waals surface area contributed by atoms with Crippen molar-refractivity contribution in [2.75, 3.05) is 11.9 Å². The first-order valence-corrected chi connectivity index (χ1v) is 8.94. The first kappa shape index (κ1) is 21.2. The Morgan fingerprint density at radius 2 is 1.96 bits per heavy atom. The molecule has 1 aromatic heterocycles. The molecule has 0 saturated heterocycles. The van der Waals surface area contributed by atoms with Crippen LogP contribution < -0.4 is 10.6 Å². The van der Waals surface area contributed by atoms with Gasteiger partial charge in [0.15, 0.2) is 0 Å². The molecule has 146 valence electrons. The number of carbonyl (C=O) groups is 1. The van der Waals surface area contributed by atoms with Crippen molar-refractivity contribution in [3.63, 3.8) is 0 Å². The lowest BCUT2D eigenvalue weighted by atomic mass is 10.0. The third-order valence-corrected chi connectivity index (χ3v) is 4.30. The number of aliphatic hydroxyl groups excluding tert-OH is 1. The minimum absolute atomic E-state index is 0.0395. The number of rotatable bonds is 7. The lowest BCUT2D eigenvalue weighted by Crippen LogP contribution is -2.30. The van der Waals surface area contributed by atoms with Crippen LogP contribution in [0.15, 0.2) is 34.9 Å². The van der Waals surface area contributed by atoms with Crippen molar-refractivity contribution in [3.05, 3.63) is 57.4 Å². The molecule has 2 atom stereocenters. The van der Waals surface area contributed by atoms with Gasteiger partial charge in [-0.25, -0.2) is 18.2 Å². The minimum atomic E-state index is -2.95. The molecule has 0 fully saturated rings. The Labute approximate surface area is 163 Å². The molecule has 1 aromatic carbocycles. The maximum Gasteiger partial charge on any atom is 0.266 e. The molecule has 9 heteroatoms. The van der Waals surface area contributed by atoms with E-state index in [4.69, 9.17) is 0 Å². The van der Waals surface area contributed by atoms with E-state index < -0.39 is 29.8 Å². The second-order valence-corrected chi connectivity index (χ2v) is 6.94. The molecule has 0 aliphatic heterocycles. The highest BCUT2D eigenvalue weighted by molar-refractivity contribution is 9.10. The van der Waals surface area contributed by atoms with Crippen molar-refractivity contribution in [2.24, 2.45) is 0 Å². The van der Waals surface area contributed by atoms with Crippen LogP contribution in [0.3, 0.4) is 0 Å². The van der Waals surface area contributed by atoms with Gasteiger partial charge in [-0.05, 0) is 35.8 Å². The van der Waals surface area contributed by atoms with Crippen molar-refractivity contribution >= 4 is 27.7 Å². The van der Waals surface area contributed by atoms with Crippen LogP contribution in [0.1, 0.15) is 47.8 Å². The summed E-state index contributed by atoms with van der Waals surface area (Å²) in [7, 11) is 0. The molecule has 0 radical (unpaired) electrons. The zero-order valence-electron chi connectivity index (χ0n) is 14.6. The molecule has 2 aromatic rings. The SMILES string of the molecule is C[C@@H](CO)Nc1ncc(Br)cc1C(=O)N[C@H](C)c1cccc(C(F)F)c1F. The topological polar surface area (TPSA) is 74.2 Å². The zero-order valence-corrected chi connectivity index (χ0v) is 16.2. The first-order chi connectivity index (χ1) is 12.7. The van der Waals surface area contributed by atoms with Gasteiger partial charge in [-0.2, -0.15) is 0 Å². The zero-order chi connectivity index (χ0) is 20.1. The van der Waals surface area contributed by atoms with Crippen LogP contribution in [0.25, 0.3) is 0 Å². The molecule has 0 bridgehead atoms. The molecule has 0 unspecified atom stereocenters. The summed E-state index contributed by atoms with van der Waals surface area (Å²) in [6.45, 7) is 3.04. The molecule has 2 rings (SSSR count). The number of aliphatic hydroxyl groups is 1. The number of anilines is 1. The number of benzene rings is 1. The third kappa shape index (κ3) is 5.20. The van der Waals surface area contributed by atoms with Gasteiger partial charge in [-0.3, -0.25) is 4.79 Å². The number of halogens is 4. The average Bonchev–Trinajstić information content (AvgIpc) is 2.62. The highest BCUT2D eigenvalue weighted by Crippen LogP contribution is 2.27. The Morgan fingerprint density at radius 1 is 1.30 bits per heavy atom. The molecule has 1 amide bonds. The van der Waals surface area contributed by atoms with Gasteiger partial charge in [0.1, 0.15) is 11.6 Å². The van der Waals surface area contributed by atoms with Crippen LogP contribution in [0, 0.1) is 5.82 Å². The van der Waals surface area contributed by atoms with Gasteiger partial charge in [0.2, 0.25) is 0 Å². The summed E-state index contributed by atoms with van der Waals surface area (Å²) in [5.74, 6) is -1.36. The van der Waals surface area contributed by atoms with Crippen molar-refractivity contribution in [1.29, 1.82) is 0 Å². The second-order valence-electron chi connectivity index (χ2n) is 6.02. The highest BCUT2D eigenvalue weighted by Gasteiger charge is 2.22. The number of nitrogens with one attached hydrogen (secondary N) is 2. The van der Waals surface area contributed by atoms with Gasteiger partial charge in [-0.15, -0.1) is 0 Å². The predicted octanol–water partition coefficient (Wildman–Crippen LogP) is 4.20. The van der Waals surface area contributed by atoms with Crippen LogP contribution in [0.5, 0.6) is 0 Å². The van der Waals surface area contributed by atoms with Crippen LogP contribution >= 0.6 is 15.9 Å². The average molecular weight is 446 g/mol. The van der Waals surface area contributed by atoms with Gasteiger partial charge in [0.25, 0.3) is 12.3 Å². The number of amides is 1. The smallest absolute Gasteiger partial charge is 0.266 e. The van der Waals surface area contributed by atoms with Crippen molar-refractivity contribution in [2.45, 2.75) is 32.4 Å². The number of alkyl halides is 2. The molecule has 5 nitrogen and oxygen atoms in total. The van der Waals surface area contributed by atoms with Crippen LogP contribution in [0.4, 0.5) is 19.0 Å². The quantitative estimate of drug-likeness (QED) is 0.596. The summed E-state index contributed by atoms with van der Waals surface area (Å²) in [5, 5.41) is 14.7. The van der Waals surface area contributed by atoms with E-state index in [1.54, 1.807) is 6.92 Å². The number of aromatic nitrogens is 1. The Kier molecular flexibility index (Phi) is 7.20. The number of nitrogens with zero attached hydrogens (tertiary/aromatic N) is 1. The van der Waals surface area contributed by atoms with E-state index in [2.05, 4.69) is 31.5 Å². The fourth-order valence-corrected chi connectivity index (χ4v) is 2.76. The number of hydrogen-bond donors (Lipinski definition) is 3. The van der Waals surface area contributed by atoms with E-state index in [1.165, 1.54) is 31.3 Å². The molecule has 0 aliphatic rings. The Balaban J connectivity index is 2.27. The monoisotopic (exact) mass is 445 g/mol. The molecule has 0 saturated carbocycles. The summed E-state index contributed by atoms with van der Waals surface area (Å²) in [5.41, 5.74) is -0.582. The van der Waals surface area contributed by atoms with Gasteiger partial charge in [0.05, 0.1) is 23.8 Å². The number of hydrogen-bond acceptors (Lipinski definition) is 4. The normalized spacial score (nSPS) is 13.3. The first-order valence-electron chi connectivity index (χ1n) is 8.14. The third-order valence-electron chi connectivity index (χ3n) is 3.86. The van der Waals surface area contributed by atoms with E-state index in [1.807, 2.05) is 0 Å². The summed E-state index contributed by atoms with van der Waals surface area (Å²) in [6, 6.07) is 4.00. The minimum Gasteiger partial charge on any atom is -0.394 e. The summed E-state index contributed by atoms with van der Waals surface area (Å²) in [4.78, 5) is 16.8. The lowest BCUT2D eigenvalue weighted by Gasteiger charge is -2.19.